The number of aliphatic hydroxyl groups is 1. The van der Waals surface area contributed by atoms with E-state index in [0.29, 0.717) is 22.2 Å². The lowest BCUT2D eigenvalue weighted by molar-refractivity contribution is -0.297. The van der Waals surface area contributed by atoms with Crippen LogP contribution in [0.4, 0.5) is 0 Å². The Kier molecular flexibility index (Phi) is 10.8. The molecule has 0 radical (unpaired) electrons. The molecule has 1 aromatic rings. The zero-order valence-electron chi connectivity index (χ0n) is 23.6. The smallest absolute Gasteiger partial charge is 0.272 e. The third-order valence-electron chi connectivity index (χ3n) is 8.12. The topological polar surface area (TPSA) is 91.3 Å². The van der Waals surface area contributed by atoms with Crippen LogP contribution in [0.1, 0.15) is 86.1 Å². The van der Waals surface area contributed by atoms with Crippen LogP contribution in [0.5, 0.6) is 0 Å². The SMILES string of the molecule is CC(C)[Si](O[C@@H]1[C@@H](O)[C@@H](OS(=O)(=O)Cc2ccccc2)[C@@H](OC2CCCCC2)O[C@H]1C)(C(C)C)C(C)C. The Balaban J connectivity index is 1.90. The van der Waals surface area contributed by atoms with E-state index in [1.165, 1.54) is 0 Å². The Morgan fingerprint density at radius 2 is 1.51 bits per heavy atom. The first kappa shape index (κ1) is 30.7. The van der Waals surface area contributed by atoms with Crippen molar-refractivity contribution in [1.82, 2.24) is 0 Å². The minimum Gasteiger partial charge on any atom is -0.408 e. The molecule has 1 aliphatic heterocycles. The lowest BCUT2D eigenvalue weighted by Gasteiger charge is -2.50. The second-order valence-electron chi connectivity index (χ2n) is 11.7. The highest BCUT2D eigenvalue weighted by Crippen LogP contribution is 2.45. The van der Waals surface area contributed by atoms with E-state index in [-0.39, 0.29) is 11.9 Å². The summed E-state index contributed by atoms with van der Waals surface area (Å²) in [6, 6.07) is 8.90. The lowest BCUT2D eigenvalue weighted by atomic mass is 9.97. The number of hydrogen-bond donors (Lipinski definition) is 1. The van der Waals surface area contributed by atoms with Gasteiger partial charge in [0.1, 0.15) is 11.9 Å². The van der Waals surface area contributed by atoms with E-state index in [1.54, 1.807) is 24.3 Å². The average molecular weight is 557 g/mol. The maximum absolute atomic E-state index is 13.2. The molecule has 1 aliphatic carbocycles. The summed E-state index contributed by atoms with van der Waals surface area (Å²) in [5.41, 5.74) is 1.50. The molecule has 0 unspecified atom stereocenters. The van der Waals surface area contributed by atoms with Crippen LogP contribution in [0.3, 0.4) is 0 Å². The van der Waals surface area contributed by atoms with Gasteiger partial charge in [0.25, 0.3) is 10.1 Å². The van der Waals surface area contributed by atoms with Crippen molar-refractivity contribution in [1.29, 1.82) is 0 Å². The molecule has 2 aliphatic rings. The van der Waals surface area contributed by atoms with Gasteiger partial charge in [0.15, 0.2) is 12.4 Å². The van der Waals surface area contributed by atoms with E-state index in [1.807, 2.05) is 13.0 Å². The second kappa shape index (κ2) is 13.0. The molecular weight excluding hydrogens is 508 g/mol. The van der Waals surface area contributed by atoms with Gasteiger partial charge in [-0.1, -0.05) is 91.1 Å². The molecule has 2 fully saturated rings. The Morgan fingerprint density at radius 3 is 2.05 bits per heavy atom. The van der Waals surface area contributed by atoms with Gasteiger partial charge in [-0.3, -0.25) is 4.18 Å². The van der Waals surface area contributed by atoms with Crippen molar-refractivity contribution in [2.45, 2.75) is 140 Å². The Bertz CT molecular complexity index is 909. The van der Waals surface area contributed by atoms with E-state index >= 15 is 0 Å². The Morgan fingerprint density at radius 1 is 0.946 bits per heavy atom. The second-order valence-corrected chi connectivity index (χ2v) is 18.7. The van der Waals surface area contributed by atoms with Gasteiger partial charge >= 0.3 is 0 Å². The van der Waals surface area contributed by atoms with Gasteiger partial charge in [0.2, 0.25) is 8.32 Å². The standard InChI is InChI=1S/C28H48O7SSi/c1-19(2)37(20(3)4,21(5)6)35-26-22(7)32-28(33-24-16-12-9-13-17-24)27(25(26)29)34-36(30,31)18-23-14-10-8-11-15-23/h8,10-11,14-15,19-22,24-29H,9,12-13,16-18H2,1-7H3/t22-,25+,26-,27+,28+/m0/s1. The first-order valence-electron chi connectivity index (χ1n) is 14.0. The Hall–Kier alpha value is -0.813. The molecule has 3 rings (SSSR count). The minimum absolute atomic E-state index is 0.0472. The monoisotopic (exact) mass is 556 g/mol. The molecule has 9 heteroatoms. The molecule has 5 atom stereocenters. The van der Waals surface area contributed by atoms with Gasteiger partial charge < -0.3 is 19.0 Å². The highest BCUT2D eigenvalue weighted by Gasteiger charge is 2.54. The lowest BCUT2D eigenvalue weighted by Crippen LogP contribution is -2.64. The van der Waals surface area contributed by atoms with Crippen molar-refractivity contribution in [2.75, 3.05) is 0 Å². The van der Waals surface area contributed by atoms with E-state index < -0.39 is 49.1 Å². The maximum atomic E-state index is 13.2. The summed E-state index contributed by atoms with van der Waals surface area (Å²) in [4.78, 5) is 0. The molecule has 0 bridgehead atoms. The van der Waals surface area contributed by atoms with E-state index in [0.717, 1.165) is 32.1 Å². The largest absolute Gasteiger partial charge is 0.408 e. The van der Waals surface area contributed by atoms with Crippen LogP contribution in [0, 0.1) is 0 Å². The summed E-state index contributed by atoms with van der Waals surface area (Å²) >= 11 is 0. The van der Waals surface area contributed by atoms with Crippen molar-refractivity contribution in [3.8, 4) is 0 Å². The fourth-order valence-corrected chi connectivity index (χ4v) is 13.2. The van der Waals surface area contributed by atoms with E-state index in [4.69, 9.17) is 18.1 Å². The Labute approximate surface area is 225 Å². The summed E-state index contributed by atoms with van der Waals surface area (Å²) in [5.74, 6) is -0.295. The van der Waals surface area contributed by atoms with Crippen LogP contribution >= 0.6 is 0 Å². The van der Waals surface area contributed by atoms with Crippen LogP contribution in [-0.2, 0) is 34.0 Å². The molecule has 0 aromatic heterocycles. The first-order valence-corrected chi connectivity index (χ1v) is 17.7. The number of benzene rings is 1. The van der Waals surface area contributed by atoms with Crippen molar-refractivity contribution in [3.05, 3.63) is 35.9 Å². The minimum atomic E-state index is -4.04. The van der Waals surface area contributed by atoms with Crippen molar-refractivity contribution in [2.24, 2.45) is 0 Å². The zero-order valence-corrected chi connectivity index (χ0v) is 25.4. The van der Waals surface area contributed by atoms with Crippen LogP contribution in [-0.4, -0.2) is 58.7 Å². The van der Waals surface area contributed by atoms with E-state index in [2.05, 4.69) is 41.5 Å². The summed E-state index contributed by atoms with van der Waals surface area (Å²) < 4.78 is 51.6. The molecule has 1 heterocycles. The molecule has 1 aromatic carbocycles. The van der Waals surface area contributed by atoms with Crippen LogP contribution in [0.15, 0.2) is 30.3 Å². The van der Waals surface area contributed by atoms with Gasteiger partial charge in [0, 0.05) is 0 Å². The van der Waals surface area contributed by atoms with Crippen molar-refractivity contribution >= 4 is 18.4 Å². The van der Waals surface area contributed by atoms with Crippen LogP contribution in [0.25, 0.3) is 0 Å². The normalized spacial score (nSPS) is 28.4. The van der Waals surface area contributed by atoms with E-state index in [9.17, 15) is 13.5 Å². The maximum Gasteiger partial charge on any atom is 0.272 e. The molecule has 1 N–H and O–H groups in total. The fourth-order valence-electron chi connectivity index (χ4n) is 6.39. The van der Waals surface area contributed by atoms with Gasteiger partial charge in [-0.25, -0.2) is 0 Å². The molecule has 37 heavy (non-hydrogen) atoms. The van der Waals surface area contributed by atoms with Crippen molar-refractivity contribution in [3.63, 3.8) is 0 Å². The van der Waals surface area contributed by atoms with Crippen molar-refractivity contribution < 1.29 is 31.6 Å². The van der Waals surface area contributed by atoms with Gasteiger partial charge in [-0.15, -0.1) is 0 Å². The van der Waals surface area contributed by atoms with Crippen LogP contribution < -0.4 is 0 Å². The third-order valence-corrected chi connectivity index (χ3v) is 15.4. The quantitative estimate of drug-likeness (QED) is 0.267. The molecule has 1 saturated carbocycles. The molecule has 1 saturated heterocycles. The fraction of sp³-hybridized carbons (Fsp3) is 0.786. The highest BCUT2D eigenvalue weighted by atomic mass is 32.2. The van der Waals surface area contributed by atoms with Gasteiger partial charge in [0.05, 0.1) is 18.3 Å². The summed E-state index contributed by atoms with van der Waals surface area (Å²) in [6.07, 6.45) is 0.384. The molecule has 7 nitrogen and oxygen atoms in total. The third kappa shape index (κ3) is 7.44. The predicted octanol–water partition coefficient (Wildman–Crippen LogP) is 5.92. The molecule has 0 spiro atoms. The molecule has 0 amide bonds. The van der Waals surface area contributed by atoms with Crippen LogP contribution in [0.2, 0.25) is 16.6 Å². The van der Waals surface area contributed by atoms with Gasteiger partial charge in [-0.2, -0.15) is 8.42 Å². The molecule has 212 valence electrons. The average Bonchev–Trinajstić information content (AvgIpc) is 2.82. The summed E-state index contributed by atoms with van der Waals surface area (Å²) in [6.45, 7) is 15.0. The highest BCUT2D eigenvalue weighted by molar-refractivity contribution is 7.85. The number of hydrogen-bond acceptors (Lipinski definition) is 7. The number of rotatable bonds is 11. The summed E-state index contributed by atoms with van der Waals surface area (Å²) in [5, 5.41) is 11.7. The zero-order chi connectivity index (χ0) is 27.4. The summed E-state index contributed by atoms with van der Waals surface area (Å²) in [7, 11) is -6.44. The number of aliphatic hydroxyl groups excluding tert-OH is 1. The predicted molar refractivity (Wildman–Crippen MR) is 148 cm³/mol. The first-order chi connectivity index (χ1) is 17.4. The van der Waals surface area contributed by atoms with Gasteiger partial charge in [-0.05, 0) is 42.0 Å². The number of ether oxygens (including phenoxy) is 2. The molecular formula is C28H48O7SSi.